The summed E-state index contributed by atoms with van der Waals surface area (Å²) in [7, 11) is 0. The summed E-state index contributed by atoms with van der Waals surface area (Å²) in [6.45, 7) is 5.78. The first-order valence-corrected chi connectivity index (χ1v) is 9.26. The van der Waals surface area contributed by atoms with E-state index in [-0.39, 0.29) is 23.4 Å². The van der Waals surface area contributed by atoms with Gasteiger partial charge in [-0.05, 0) is 19.3 Å². The maximum Gasteiger partial charge on any atom is 0.219 e. The number of aromatic nitrogens is 2. The zero-order valence-corrected chi connectivity index (χ0v) is 14.8. The Kier molecular flexibility index (Phi) is 4.14. The monoisotopic (exact) mass is 348 g/mol. The van der Waals surface area contributed by atoms with Gasteiger partial charge in [-0.15, -0.1) is 0 Å². The van der Waals surface area contributed by atoms with Crippen LogP contribution in [0.3, 0.4) is 0 Å². The SMILES string of the molecule is CCC(=O)NC[C@H]1[C@H]2CN(c3ncnc(CC)c3F)C[C@]23CC[C@H]1O3. The minimum absolute atomic E-state index is 0.0705. The van der Waals surface area contributed by atoms with Gasteiger partial charge in [-0.1, -0.05) is 13.8 Å². The summed E-state index contributed by atoms with van der Waals surface area (Å²) in [6, 6.07) is 0. The third kappa shape index (κ3) is 2.60. The van der Waals surface area contributed by atoms with E-state index >= 15 is 0 Å². The van der Waals surface area contributed by atoms with Crippen molar-refractivity contribution < 1.29 is 13.9 Å². The molecule has 3 fully saturated rings. The van der Waals surface area contributed by atoms with Crippen LogP contribution in [0, 0.1) is 17.7 Å². The van der Waals surface area contributed by atoms with E-state index in [1.54, 1.807) is 0 Å². The number of hydrogen-bond acceptors (Lipinski definition) is 5. The van der Waals surface area contributed by atoms with Crippen LogP contribution < -0.4 is 10.2 Å². The average Bonchev–Trinajstić information content (AvgIpc) is 3.28. The summed E-state index contributed by atoms with van der Waals surface area (Å²) in [6.07, 6.45) is 4.72. The van der Waals surface area contributed by atoms with E-state index in [4.69, 9.17) is 4.74 Å². The van der Waals surface area contributed by atoms with E-state index in [1.807, 2.05) is 18.7 Å². The minimum atomic E-state index is -0.313. The van der Waals surface area contributed by atoms with Gasteiger partial charge in [-0.3, -0.25) is 4.79 Å². The van der Waals surface area contributed by atoms with Crippen LogP contribution in [-0.4, -0.2) is 47.2 Å². The average molecular weight is 348 g/mol. The molecular formula is C18H25FN4O2. The molecule has 4 rings (SSSR count). The first-order chi connectivity index (χ1) is 12.1. The van der Waals surface area contributed by atoms with Crippen LogP contribution in [0.15, 0.2) is 6.33 Å². The van der Waals surface area contributed by atoms with Crippen molar-refractivity contribution in [2.24, 2.45) is 11.8 Å². The van der Waals surface area contributed by atoms with Crippen LogP contribution in [0.1, 0.15) is 38.8 Å². The molecule has 0 aromatic carbocycles. The van der Waals surface area contributed by atoms with Gasteiger partial charge in [-0.2, -0.15) is 0 Å². The largest absolute Gasteiger partial charge is 0.369 e. The number of hydrogen-bond donors (Lipinski definition) is 1. The number of carbonyl (C=O) groups is 1. The van der Waals surface area contributed by atoms with E-state index < -0.39 is 0 Å². The molecule has 0 radical (unpaired) electrons. The van der Waals surface area contributed by atoms with Gasteiger partial charge in [0.2, 0.25) is 5.91 Å². The quantitative estimate of drug-likeness (QED) is 0.877. The summed E-state index contributed by atoms with van der Waals surface area (Å²) >= 11 is 0. The van der Waals surface area contributed by atoms with Gasteiger partial charge >= 0.3 is 0 Å². The highest BCUT2D eigenvalue weighted by atomic mass is 19.1. The lowest BCUT2D eigenvalue weighted by atomic mass is 9.73. The predicted octanol–water partition coefficient (Wildman–Crippen LogP) is 1.69. The summed E-state index contributed by atoms with van der Waals surface area (Å²) in [5, 5.41) is 3.02. The third-order valence-corrected chi connectivity index (χ3v) is 6.12. The van der Waals surface area contributed by atoms with Crippen LogP contribution >= 0.6 is 0 Å². The van der Waals surface area contributed by atoms with Crippen LogP contribution in [0.4, 0.5) is 10.2 Å². The molecule has 4 atom stereocenters. The molecule has 4 heterocycles. The molecule has 3 aliphatic heterocycles. The van der Waals surface area contributed by atoms with Crippen molar-refractivity contribution in [1.29, 1.82) is 0 Å². The summed E-state index contributed by atoms with van der Waals surface area (Å²) < 4.78 is 21.0. The highest BCUT2D eigenvalue weighted by Crippen LogP contribution is 2.55. The van der Waals surface area contributed by atoms with E-state index in [9.17, 15) is 9.18 Å². The molecule has 3 saturated heterocycles. The molecule has 1 N–H and O–H groups in total. The second-order valence-corrected chi connectivity index (χ2v) is 7.38. The van der Waals surface area contributed by atoms with Crippen molar-refractivity contribution >= 4 is 11.7 Å². The Labute approximate surface area is 147 Å². The fourth-order valence-corrected chi connectivity index (χ4v) is 4.84. The van der Waals surface area contributed by atoms with Crippen molar-refractivity contribution in [3.63, 3.8) is 0 Å². The number of amides is 1. The van der Waals surface area contributed by atoms with Gasteiger partial charge in [0.15, 0.2) is 11.6 Å². The number of ether oxygens (including phenoxy) is 1. The highest BCUT2D eigenvalue weighted by molar-refractivity contribution is 5.75. The van der Waals surface area contributed by atoms with Crippen LogP contribution in [0.5, 0.6) is 0 Å². The normalized spacial score (nSPS) is 32.9. The molecule has 3 aliphatic rings. The van der Waals surface area contributed by atoms with E-state index in [2.05, 4.69) is 15.3 Å². The number of nitrogens with one attached hydrogen (secondary N) is 1. The molecule has 7 heteroatoms. The van der Waals surface area contributed by atoms with Gasteiger partial charge in [0.1, 0.15) is 6.33 Å². The minimum Gasteiger partial charge on any atom is -0.369 e. The molecule has 136 valence electrons. The maximum atomic E-state index is 14.7. The van der Waals surface area contributed by atoms with Crippen LogP contribution in [0.2, 0.25) is 0 Å². The van der Waals surface area contributed by atoms with Crippen molar-refractivity contribution in [2.45, 2.75) is 51.2 Å². The van der Waals surface area contributed by atoms with Gasteiger partial charge in [0.25, 0.3) is 0 Å². The number of rotatable bonds is 5. The molecule has 1 aromatic rings. The number of anilines is 1. The first kappa shape index (κ1) is 16.7. The summed E-state index contributed by atoms with van der Waals surface area (Å²) in [5.41, 5.74) is 0.243. The fourth-order valence-electron chi connectivity index (χ4n) is 4.84. The molecule has 6 nitrogen and oxygen atoms in total. The number of nitrogens with zero attached hydrogens (tertiary/aromatic N) is 3. The lowest BCUT2D eigenvalue weighted by molar-refractivity contribution is -0.121. The molecule has 25 heavy (non-hydrogen) atoms. The van der Waals surface area contributed by atoms with E-state index in [0.717, 1.165) is 19.4 Å². The van der Waals surface area contributed by atoms with Gasteiger partial charge in [0.05, 0.1) is 17.4 Å². The topological polar surface area (TPSA) is 67.4 Å². The zero-order chi connectivity index (χ0) is 17.6. The number of halogens is 1. The fraction of sp³-hybridized carbons (Fsp3) is 0.722. The Morgan fingerprint density at radius 1 is 1.48 bits per heavy atom. The highest BCUT2D eigenvalue weighted by Gasteiger charge is 2.63. The van der Waals surface area contributed by atoms with Crippen LogP contribution in [-0.2, 0) is 16.0 Å². The molecule has 0 unspecified atom stereocenters. The van der Waals surface area contributed by atoms with Gasteiger partial charge in [-0.25, -0.2) is 14.4 Å². The Hall–Kier alpha value is -1.76. The van der Waals surface area contributed by atoms with E-state index in [1.165, 1.54) is 6.33 Å². The Balaban J connectivity index is 1.55. The van der Waals surface area contributed by atoms with Gasteiger partial charge < -0.3 is 15.0 Å². The molecule has 1 aromatic heterocycles. The summed E-state index contributed by atoms with van der Waals surface area (Å²) in [5.74, 6) is 0.750. The Bertz CT molecular complexity index is 685. The second kappa shape index (κ2) is 6.20. The number of aryl methyl sites for hydroxylation is 1. The Morgan fingerprint density at radius 2 is 2.32 bits per heavy atom. The second-order valence-electron chi connectivity index (χ2n) is 7.38. The molecule has 2 bridgehead atoms. The lowest BCUT2D eigenvalue weighted by Gasteiger charge is -2.29. The molecule has 1 amide bonds. The maximum absolute atomic E-state index is 14.7. The van der Waals surface area contributed by atoms with Crippen molar-refractivity contribution in [3.8, 4) is 0 Å². The standard InChI is InChI=1S/C18H25FN4O2/c1-3-13-16(19)17(22-10-21-13)23-8-12-11(7-20-15(24)4-2)14-5-6-18(12,9-23)25-14/h10-12,14H,3-9H2,1-2H3,(H,20,24)/t11-,12+,14+,18+/m0/s1. The smallest absolute Gasteiger partial charge is 0.219 e. The number of fused-ring (bicyclic) bond motifs is 1. The lowest BCUT2D eigenvalue weighted by Crippen LogP contribution is -2.41. The molecule has 0 aliphatic carbocycles. The zero-order valence-electron chi connectivity index (χ0n) is 14.8. The first-order valence-electron chi connectivity index (χ1n) is 9.26. The van der Waals surface area contributed by atoms with Crippen LogP contribution in [0.25, 0.3) is 0 Å². The summed E-state index contributed by atoms with van der Waals surface area (Å²) in [4.78, 5) is 21.9. The van der Waals surface area contributed by atoms with Crippen molar-refractivity contribution in [2.75, 3.05) is 24.5 Å². The van der Waals surface area contributed by atoms with E-state index in [0.29, 0.717) is 49.3 Å². The molecule has 1 spiro atoms. The molecule has 0 saturated carbocycles. The Morgan fingerprint density at radius 3 is 3.08 bits per heavy atom. The van der Waals surface area contributed by atoms with Gasteiger partial charge in [0, 0.05) is 37.9 Å². The third-order valence-electron chi connectivity index (χ3n) is 6.12. The number of carbonyl (C=O) groups excluding carboxylic acids is 1. The van der Waals surface area contributed by atoms with Crippen molar-refractivity contribution in [1.82, 2.24) is 15.3 Å². The van der Waals surface area contributed by atoms with Crippen molar-refractivity contribution in [3.05, 3.63) is 17.8 Å². The predicted molar refractivity (Wildman–Crippen MR) is 90.7 cm³/mol. The molecular weight excluding hydrogens is 323 g/mol.